The molecule has 1 aliphatic rings. The Balaban J connectivity index is 1.71. The van der Waals surface area contributed by atoms with Crippen molar-refractivity contribution in [3.63, 3.8) is 0 Å². The molecule has 0 N–H and O–H groups in total. The number of ether oxygens (including phenoxy) is 1. The number of hydrogen-bond donors (Lipinski definition) is 0. The normalized spacial score (nSPS) is 14.6. The Morgan fingerprint density at radius 3 is 2.44 bits per heavy atom. The van der Waals surface area contributed by atoms with Crippen molar-refractivity contribution < 1.29 is 19.1 Å². The number of benzene rings is 1. The molecule has 3 amide bonds. The summed E-state index contributed by atoms with van der Waals surface area (Å²) in [6.07, 6.45) is 7.96. The summed E-state index contributed by atoms with van der Waals surface area (Å²) in [5.41, 5.74) is 3.42. The van der Waals surface area contributed by atoms with Gasteiger partial charge >= 0.3 is 12.0 Å². The van der Waals surface area contributed by atoms with Crippen LogP contribution >= 0.6 is 11.3 Å². The van der Waals surface area contributed by atoms with Crippen LogP contribution < -0.4 is 0 Å². The summed E-state index contributed by atoms with van der Waals surface area (Å²) in [7, 11) is 1.36. The molecule has 0 saturated carbocycles. The molecule has 0 bridgehead atoms. The molecule has 9 nitrogen and oxygen atoms in total. The number of imidazole rings is 1. The summed E-state index contributed by atoms with van der Waals surface area (Å²) in [6.45, 7) is 7.21. The minimum absolute atomic E-state index is 0.239. The zero-order valence-corrected chi connectivity index (χ0v) is 23.8. The number of imide groups is 1. The summed E-state index contributed by atoms with van der Waals surface area (Å²) < 4.78 is 6.89. The van der Waals surface area contributed by atoms with Crippen molar-refractivity contribution in [2.24, 2.45) is 0 Å². The molecule has 0 atom stereocenters. The second-order valence-electron chi connectivity index (χ2n) is 9.57. The maximum atomic E-state index is 13.5. The molecule has 3 heterocycles. The quantitative estimate of drug-likeness (QED) is 0.170. The van der Waals surface area contributed by atoms with Gasteiger partial charge in [0.15, 0.2) is 0 Å². The Morgan fingerprint density at radius 1 is 1.05 bits per heavy atom. The molecule has 4 rings (SSSR count). The van der Waals surface area contributed by atoms with E-state index in [-0.39, 0.29) is 24.5 Å². The summed E-state index contributed by atoms with van der Waals surface area (Å²) >= 11 is 1.48. The van der Waals surface area contributed by atoms with Crippen LogP contribution in [0.1, 0.15) is 77.7 Å². The predicted octanol–water partition coefficient (Wildman–Crippen LogP) is 5.43. The van der Waals surface area contributed by atoms with Gasteiger partial charge in [0.25, 0.3) is 5.91 Å². The Kier molecular flexibility index (Phi) is 9.29. The van der Waals surface area contributed by atoms with Crippen LogP contribution in [0.15, 0.2) is 41.5 Å². The molecule has 1 fully saturated rings. The number of amides is 3. The van der Waals surface area contributed by atoms with Crippen LogP contribution in [0.25, 0.3) is 6.08 Å². The average molecular weight is 550 g/mol. The molecule has 2 aromatic heterocycles. The molecule has 1 aromatic carbocycles. The second kappa shape index (κ2) is 12.8. The first-order chi connectivity index (χ1) is 18.9. The van der Waals surface area contributed by atoms with Gasteiger partial charge < -0.3 is 9.30 Å². The average Bonchev–Trinajstić information content (AvgIpc) is 3.59. The molecule has 206 valence electrons. The van der Waals surface area contributed by atoms with E-state index in [0.717, 1.165) is 59.9 Å². The lowest BCUT2D eigenvalue weighted by Crippen LogP contribution is -2.33. The lowest BCUT2D eigenvalue weighted by molar-refractivity contribution is -0.123. The van der Waals surface area contributed by atoms with Gasteiger partial charge in [-0.1, -0.05) is 38.8 Å². The number of urea groups is 1. The van der Waals surface area contributed by atoms with E-state index in [1.165, 1.54) is 28.2 Å². The highest BCUT2D eigenvalue weighted by atomic mass is 32.1. The highest BCUT2D eigenvalue weighted by Crippen LogP contribution is 2.28. The van der Waals surface area contributed by atoms with Gasteiger partial charge in [0, 0.05) is 30.6 Å². The van der Waals surface area contributed by atoms with Gasteiger partial charge in [0.05, 0.1) is 31.1 Å². The van der Waals surface area contributed by atoms with Gasteiger partial charge in [-0.2, -0.15) is 0 Å². The van der Waals surface area contributed by atoms with Crippen LogP contribution in [-0.4, -0.2) is 55.9 Å². The molecular formula is C29H35N5O4S. The third-order valence-corrected chi connectivity index (χ3v) is 7.59. The largest absolute Gasteiger partial charge is 0.465 e. The summed E-state index contributed by atoms with van der Waals surface area (Å²) in [5.74, 6) is 0.222. The van der Waals surface area contributed by atoms with Gasteiger partial charge in [-0.3, -0.25) is 14.6 Å². The molecule has 0 aliphatic carbocycles. The first kappa shape index (κ1) is 28.2. The minimum Gasteiger partial charge on any atom is -0.465 e. The lowest BCUT2D eigenvalue weighted by Gasteiger charge is -2.16. The van der Waals surface area contributed by atoms with Crippen LogP contribution in [0.4, 0.5) is 4.79 Å². The molecule has 1 saturated heterocycles. The Bertz CT molecular complexity index is 1360. The van der Waals surface area contributed by atoms with Crippen molar-refractivity contribution in [2.45, 2.75) is 66.0 Å². The zero-order chi connectivity index (χ0) is 27.9. The number of hydrogen-bond acceptors (Lipinski definition) is 7. The summed E-state index contributed by atoms with van der Waals surface area (Å²) in [5, 5.41) is 2.72. The topological polar surface area (TPSA) is 97.6 Å². The number of carbonyl (C=O) groups is 3. The fourth-order valence-electron chi connectivity index (χ4n) is 4.45. The molecule has 39 heavy (non-hydrogen) atoms. The van der Waals surface area contributed by atoms with E-state index in [1.54, 1.807) is 24.4 Å². The van der Waals surface area contributed by atoms with Crippen LogP contribution in [0.3, 0.4) is 0 Å². The summed E-state index contributed by atoms with van der Waals surface area (Å²) in [4.78, 5) is 50.8. The third kappa shape index (κ3) is 6.44. The number of aromatic nitrogens is 3. The van der Waals surface area contributed by atoms with Gasteiger partial charge in [0.1, 0.15) is 16.5 Å². The standard InChI is InChI=1S/C29H35N5O4S/c1-5-7-9-25-30-16-23(33(25)17-21-10-12-22(13-11-21)28(36)38-4)15-24-27(35)32(14-8-6-2)29(37)34(24)18-26-31-20(3)19-39-26/h10-13,15-16,19H,5-9,14,17-18H2,1-4H3/b24-15-. The van der Waals surface area contributed by atoms with E-state index in [1.807, 2.05) is 31.4 Å². The van der Waals surface area contributed by atoms with E-state index in [4.69, 9.17) is 4.74 Å². The van der Waals surface area contributed by atoms with Gasteiger partial charge in [-0.25, -0.2) is 19.6 Å². The second-order valence-corrected chi connectivity index (χ2v) is 10.5. The number of aryl methyl sites for hydroxylation is 2. The number of nitrogens with zero attached hydrogens (tertiary/aromatic N) is 5. The number of carbonyl (C=O) groups excluding carboxylic acids is 3. The summed E-state index contributed by atoms with van der Waals surface area (Å²) in [6, 6.07) is 6.94. The fourth-order valence-corrected chi connectivity index (χ4v) is 5.21. The van der Waals surface area contributed by atoms with E-state index in [0.29, 0.717) is 24.4 Å². The molecule has 0 spiro atoms. The predicted molar refractivity (Wildman–Crippen MR) is 150 cm³/mol. The highest BCUT2D eigenvalue weighted by molar-refractivity contribution is 7.09. The van der Waals surface area contributed by atoms with Gasteiger partial charge in [0.2, 0.25) is 0 Å². The Hall–Kier alpha value is -3.79. The van der Waals surface area contributed by atoms with Gasteiger partial charge in [-0.05, 0) is 43.5 Å². The van der Waals surface area contributed by atoms with Crippen LogP contribution in [0, 0.1) is 6.92 Å². The number of methoxy groups -OCH3 is 1. The fraction of sp³-hybridized carbons (Fsp3) is 0.414. The zero-order valence-electron chi connectivity index (χ0n) is 23.0. The van der Waals surface area contributed by atoms with Crippen LogP contribution in [0.2, 0.25) is 0 Å². The molecular weight excluding hydrogens is 514 g/mol. The van der Waals surface area contributed by atoms with E-state index < -0.39 is 0 Å². The van der Waals surface area contributed by atoms with Crippen molar-refractivity contribution in [2.75, 3.05) is 13.7 Å². The van der Waals surface area contributed by atoms with Crippen molar-refractivity contribution in [1.82, 2.24) is 24.3 Å². The molecule has 0 unspecified atom stereocenters. The monoisotopic (exact) mass is 549 g/mol. The van der Waals surface area contributed by atoms with Crippen molar-refractivity contribution in [1.29, 1.82) is 0 Å². The third-order valence-electron chi connectivity index (χ3n) is 6.64. The first-order valence-electron chi connectivity index (χ1n) is 13.3. The van der Waals surface area contributed by atoms with Crippen molar-refractivity contribution in [3.05, 3.63) is 74.9 Å². The number of unbranched alkanes of at least 4 members (excludes halogenated alkanes) is 2. The van der Waals surface area contributed by atoms with Crippen molar-refractivity contribution in [3.8, 4) is 0 Å². The van der Waals surface area contributed by atoms with Crippen LogP contribution in [-0.2, 0) is 29.0 Å². The number of rotatable bonds is 12. The smallest absolute Gasteiger partial charge is 0.337 e. The molecule has 0 radical (unpaired) electrons. The highest BCUT2D eigenvalue weighted by Gasteiger charge is 2.41. The van der Waals surface area contributed by atoms with E-state index >= 15 is 0 Å². The lowest BCUT2D eigenvalue weighted by atomic mass is 10.1. The molecule has 3 aromatic rings. The van der Waals surface area contributed by atoms with Crippen molar-refractivity contribution >= 4 is 35.3 Å². The number of esters is 1. The molecule has 10 heteroatoms. The Morgan fingerprint density at radius 2 is 1.79 bits per heavy atom. The Labute approximate surface area is 233 Å². The van der Waals surface area contributed by atoms with E-state index in [2.05, 4.69) is 21.5 Å². The SMILES string of the molecule is CCCCc1ncc(/C=C2/C(=O)N(CCCC)C(=O)N2Cc2nc(C)cs2)n1Cc1ccc(C(=O)OC)cc1. The molecule has 1 aliphatic heterocycles. The maximum absolute atomic E-state index is 13.5. The maximum Gasteiger partial charge on any atom is 0.337 e. The van der Waals surface area contributed by atoms with Crippen LogP contribution in [0.5, 0.6) is 0 Å². The van der Waals surface area contributed by atoms with E-state index in [9.17, 15) is 14.4 Å². The number of thiazole rings is 1. The van der Waals surface area contributed by atoms with Gasteiger partial charge in [-0.15, -0.1) is 11.3 Å². The minimum atomic E-state index is -0.384. The first-order valence-corrected chi connectivity index (χ1v) is 14.2.